The first-order chi connectivity index (χ1) is 13.1. The highest BCUT2D eigenvalue weighted by atomic mass is 16.7. The minimum absolute atomic E-state index is 0.335. The molecular weight excluding hydrogens is 340 g/mol. The molecule has 1 fully saturated rings. The van der Waals surface area contributed by atoms with Gasteiger partial charge in [0.1, 0.15) is 17.2 Å². The van der Waals surface area contributed by atoms with E-state index in [4.69, 9.17) is 9.47 Å². The second kappa shape index (κ2) is 6.02. The molecule has 2 atom stereocenters. The number of hydrogen-bond donors (Lipinski definition) is 1. The SMILES string of the molecule is Cc1ccccc1OC(=O)Oc1c2c(c(O)c3ccccc13)C1CCC2C1. The molecule has 0 saturated heterocycles. The second-order valence-corrected chi connectivity index (χ2v) is 7.48. The number of para-hydroxylation sites is 1. The Bertz CT molecular complexity index is 1070. The summed E-state index contributed by atoms with van der Waals surface area (Å²) in [4.78, 5) is 12.6. The Hall–Kier alpha value is -3.01. The molecule has 3 aromatic carbocycles. The zero-order valence-electron chi connectivity index (χ0n) is 15.1. The summed E-state index contributed by atoms with van der Waals surface area (Å²) < 4.78 is 11.2. The molecule has 0 heterocycles. The van der Waals surface area contributed by atoms with Gasteiger partial charge in [-0.3, -0.25) is 0 Å². The Kier molecular flexibility index (Phi) is 3.61. The molecule has 0 amide bonds. The largest absolute Gasteiger partial charge is 0.519 e. The van der Waals surface area contributed by atoms with Crippen LogP contribution in [0.1, 0.15) is 47.8 Å². The van der Waals surface area contributed by atoms with Gasteiger partial charge < -0.3 is 14.6 Å². The zero-order valence-corrected chi connectivity index (χ0v) is 15.1. The number of carbonyl (C=O) groups excluding carboxylic acids is 1. The maximum absolute atomic E-state index is 12.6. The molecule has 4 heteroatoms. The summed E-state index contributed by atoms with van der Waals surface area (Å²) in [6.45, 7) is 1.88. The maximum atomic E-state index is 12.6. The van der Waals surface area contributed by atoms with E-state index in [0.717, 1.165) is 46.7 Å². The normalized spacial score (nSPS) is 19.9. The average Bonchev–Trinajstić information content (AvgIpc) is 3.29. The summed E-state index contributed by atoms with van der Waals surface area (Å²) in [5.74, 6) is 2.06. The molecule has 2 unspecified atom stereocenters. The summed E-state index contributed by atoms with van der Waals surface area (Å²) in [7, 11) is 0. The lowest BCUT2D eigenvalue weighted by molar-refractivity contribution is 0.151. The molecule has 4 nitrogen and oxygen atoms in total. The fraction of sp³-hybridized carbons (Fsp3) is 0.261. The third-order valence-corrected chi connectivity index (χ3v) is 5.94. The van der Waals surface area contributed by atoms with Crippen LogP contribution in [0.3, 0.4) is 0 Å². The van der Waals surface area contributed by atoms with Crippen LogP contribution in [0.4, 0.5) is 4.79 Å². The van der Waals surface area contributed by atoms with E-state index >= 15 is 0 Å². The number of benzene rings is 3. The third-order valence-electron chi connectivity index (χ3n) is 5.94. The van der Waals surface area contributed by atoms with Crippen molar-refractivity contribution in [3.05, 3.63) is 65.2 Å². The molecule has 1 N–H and O–H groups in total. The topological polar surface area (TPSA) is 55.8 Å². The molecule has 0 radical (unpaired) electrons. The predicted molar refractivity (Wildman–Crippen MR) is 103 cm³/mol. The molecule has 0 spiro atoms. The van der Waals surface area contributed by atoms with Crippen molar-refractivity contribution in [1.82, 2.24) is 0 Å². The Morgan fingerprint density at radius 2 is 1.59 bits per heavy atom. The molecule has 3 aromatic rings. The van der Waals surface area contributed by atoms with E-state index < -0.39 is 6.16 Å². The van der Waals surface area contributed by atoms with Crippen LogP contribution < -0.4 is 9.47 Å². The molecule has 27 heavy (non-hydrogen) atoms. The summed E-state index contributed by atoms with van der Waals surface area (Å²) in [5, 5.41) is 12.3. The fourth-order valence-electron chi connectivity index (χ4n) is 4.73. The highest BCUT2D eigenvalue weighted by Gasteiger charge is 2.42. The van der Waals surface area contributed by atoms with Crippen LogP contribution in [0, 0.1) is 6.92 Å². The molecular formula is C23H20O4. The summed E-state index contributed by atoms with van der Waals surface area (Å²) in [5.41, 5.74) is 2.82. The summed E-state index contributed by atoms with van der Waals surface area (Å²) >= 11 is 0. The number of aromatic hydroxyl groups is 1. The van der Waals surface area contributed by atoms with E-state index in [-0.39, 0.29) is 0 Å². The quantitative estimate of drug-likeness (QED) is 0.464. The van der Waals surface area contributed by atoms with Gasteiger partial charge in [-0.25, -0.2) is 4.79 Å². The van der Waals surface area contributed by atoms with Gasteiger partial charge in [0.25, 0.3) is 0 Å². The molecule has 2 aliphatic rings. The third kappa shape index (κ3) is 2.47. The lowest BCUT2D eigenvalue weighted by Crippen LogP contribution is -2.16. The van der Waals surface area contributed by atoms with Crippen LogP contribution in [0.15, 0.2) is 48.5 Å². The number of rotatable bonds is 2. The van der Waals surface area contributed by atoms with Gasteiger partial charge in [-0.15, -0.1) is 0 Å². The first-order valence-corrected chi connectivity index (χ1v) is 9.36. The number of carbonyl (C=O) groups is 1. The Morgan fingerprint density at radius 3 is 2.37 bits per heavy atom. The van der Waals surface area contributed by atoms with E-state index in [1.807, 2.05) is 49.4 Å². The van der Waals surface area contributed by atoms with E-state index in [1.54, 1.807) is 6.07 Å². The van der Waals surface area contributed by atoms with Crippen molar-refractivity contribution in [1.29, 1.82) is 0 Å². The Labute approximate surface area is 157 Å². The Morgan fingerprint density at radius 1 is 0.926 bits per heavy atom. The van der Waals surface area contributed by atoms with Gasteiger partial charge in [0.05, 0.1) is 0 Å². The highest BCUT2D eigenvalue weighted by Crippen LogP contribution is 2.60. The van der Waals surface area contributed by atoms with Crippen molar-refractivity contribution in [3.8, 4) is 17.2 Å². The molecule has 1 saturated carbocycles. The number of phenolic OH excluding ortho intramolecular Hbond substituents is 1. The minimum Gasteiger partial charge on any atom is -0.507 e. The number of phenols is 1. The van der Waals surface area contributed by atoms with Crippen molar-refractivity contribution in [3.63, 3.8) is 0 Å². The minimum atomic E-state index is -0.745. The predicted octanol–water partition coefficient (Wildman–Crippen LogP) is 5.80. The van der Waals surface area contributed by atoms with E-state index in [2.05, 4.69) is 0 Å². The van der Waals surface area contributed by atoms with Gasteiger partial charge in [0.2, 0.25) is 0 Å². The van der Waals surface area contributed by atoms with E-state index in [0.29, 0.717) is 29.1 Å². The van der Waals surface area contributed by atoms with Crippen LogP contribution in [0.2, 0.25) is 0 Å². The van der Waals surface area contributed by atoms with E-state index in [1.165, 1.54) is 0 Å². The molecule has 0 aromatic heterocycles. The highest BCUT2D eigenvalue weighted by molar-refractivity contribution is 5.98. The number of aryl methyl sites for hydroxylation is 1. The van der Waals surface area contributed by atoms with Gasteiger partial charge >= 0.3 is 6.16 Å². The van der Waals surface area contributed by atoms with Crippen molar-refractivity contribution in [2.45, 2.75) is 38.0 Å². The monoisotopic (exact) mass is 360 g/mol. The number of fused-ring (bicyclic) bond motifs is 6. The zero-order chi connectivity index (χ0) is 18.5. The summed E-state index contributed by atoms with van der Waals surface area (Å²) in [6, 6.07) is 14.9. The smallest absolute Gasteiger partial charge is 0.507 e. The van der Waals surface area contributed by atoms with Crippen molar-refractivity contribution >= 4 is 16.9 Å². The van der Waals surface area contributed by atoms with Crippen molar-refractivity contribution < 1.29 is 19.4 Å². The summed E-state index contributed by atoms with van der Waals surface area (Å²) in [6.07, 6.45) is 2.42. The van der Waals surface area contributed by atoms with Gasteiger partial charge in [-0.1, -0.05) is 42.5 Å². The lowest BCUT2D eigenvalue weighted by Gasteiger charge is -2.22. The van der Waals surface area contributed by atoms with Crippen LogP contribution in [0.5, 0.6) is 17.2 Å². The van der Waals surface area contributed by atoms with Crippen LogP contribution in [-0.4, -0.2) is 11.3 Å². The lowest BCUT2D eigenvalue weighted by atomic mass is 9.87. The molecule has 5 rings (SSSR count). The van der Waals surface area contributed by atoms with Crippen LogP contribution in [-0.2, 0) is 0 Å². The number of hydrogen-bond acceptors (Lipinski definition) is 4. The molecule has 2 aliphatic carbocycles. The molecule has 0 aliphatic heterocycles. The number of ether oxygens (including phenoxy) is 2. The van der Waals surface area contributed by atoms with Gasteiger partial charge in [0, 0.05) is 21.9 Å². The van der Waals surface area contributed by atoms with Crippen molar-refractivity contribution in [2.75, 3.05) is 0 Å². The molecule has 2 bridgehead atoms. The van der Waals surface area contributed by atoms with Gasteiger partial charge in [-0.05, 0) is 49.7 Å². The first kappa shape index (κ1) is 16.2. The van der Waals surface area contributed by atoms with E-state index in [9.17, 15) is 9.90 Å². The first-order valence-electron chi connectivity index (χ1n) is 9.36. The van der Waals surface area contributed by atoms with Crippen LogP contribution >= 0.6 is 0 Å². The Balaban J connectivity index is 1.59. The maximum Gasteiger partial charge on any atom is 0.519 e. The van der Waals surface area contributed by atoms with Crippen LogP contribution in [0.25, 0.3) is 10.8 Å². The fourth-order valence-corrected chi connectivity index (χ4v) is 4.73. The molecule has 136 valence electrons. The van der Waals surface area contributed by atoms with Crippen molar-refractivity contribution in [2.24, 2.45) is 0 Å². The van der Waals surface area contributed by atoms with Gasteiger partial charge in [-0.2, -0.15) is 0 Å². The van der Waals surface area contributed by atoms with Gasteiger partial charge in [0.15, 0.2) is 0 Å². The second-order valence-electron chi connectivity index (χ2n) is 7.48. The standard InChI is InChI=1S/C23H20O4/c1-13-6-2-5-9-18(13)26-23(25)27-22-17-8-4-3-7-16(17)21(24)19-14-10-11-15(12-14)20(19)22/h2-9,14-15,24H,10-12H2,1H3. The average molecular weight is 360 g/mol.